The number of nitrogens with zero attached hydrogens (tertiary/aromatic N) is 1. The highest BCUT2D eigenvalue weighted by Crippen LogP contribution is 2.18. The van der Waals surface area contributed by atoms with Crippen LogP contribution in [0.1, 0.15) is 16.9 Å². The average molecular weight is 250 g/mol. The summed E-state index contributed by atoms with van der Waals surface area (Å²) in [5.41, 5.74) is -0.0258. The van der Waals surface area contributed by atoms with Gasteiger partial charge in [-0.25, -0.2) is 4.98 Å². The zero-order valence-corrected chi connectivity index (χ0v) is 9.34. The van der Waals surface area contributed by atoms with Crippen molar-refractivity contribution in [1.29, 1.82) is 0 Å². The van der Waals surface area contributed by atoms with Crippen molar-refractivity contribution in [2.45, 2.75) is 12.5 Å². The predicted octanol–water partition coefficient (Wildman–Crippen LogP) is 0.980. The number of nitrogens with one attached hydrogen (secondary N) is 1. The lowest BCUT2D eigenvalue weighted by molar-refractivity contribution is -0.140. The fraction of sp³-hybridized carbons (Fsp3) is 0.250. The first kappa shape index (κ1) is 12.2. The standard InChI is InChI=1S/C12H11FN2O3/c13-10-3-1-2-9(15-10)11(16)14-8-5-4-7(6-8)12(17)18/h1-5,7-8H,6H2,(H,14,16)(H,17,18). The molecule has 0 radical (unpaired) electrons. The minimum absolute atomic E-state index is 0.0258. The molecule has 2 rings (SSSR count). The van der Waals surface area contributed by atoms with Crippen molar-refractivity contribution in [3.05, 3.63) is 42.0 Å². The Bertz CT molecular complexity index is 516. The van der Waals surface area contributed by atoms with Crippen LogP contribution in [0.4, 0.5) is 4.39 Å². The summed E-state index contributed by atoms with van der Waals surface area (Å²) in [7, 11) is 0. The van der Waals surface area contributed by atoms with E-state index < -0.39 is 23.7 Å². The summed E-state index contributed by atoms with van der Waals surface area (Å²) in [6, 6.07) is 3.57. The van der Waals surface area contributed by atoms with E-state index in [-0.39, 0.29) is 11.7 Å². The summed E-state index contributed by atoms with van der Waals surface area (Å²) in [5, 5.41) is 11.4. The monoisotopic (exact) mass is 250 g/mol. The van der Waals surface area contributed by atoms with Crippen LogP contribution in [0.5, 0.6) is 0 Å². The molecule has 0 spiro atoms. The molecule has 0 fully saturated rings. The van der Waals surface area contributed by atoms with E-state index in [1.165, 1.54) is 18.2 Å². The van der Waals surface area contributed by atoms with Gasteiger partial charge in [-0.2, -0.15) is 4.39 Å². The van der Waals surface area contributed by atoms with Crippen molar-refractivity contribution in [2.75, 3.05) is 0 Å². The molecule has 94 valence electrons. The second-order valence-corrected chi connectivity index (χ2v) is 3.99. The van der Waals surface area contributed by atoms with Crippen molar-refractivity contribution in [1.82, 2.24) is 10.3 Å². The van der Waals surface area contributed by atoms with Crippen LogP contribution >= 0.6 is 0 Å². The Morgan fingerprint density at radius 2 is 2.17 bits per heavy atom. The summed E-state index contributed by atoms with van der Waals surface area (Å²) in [6.07, 6.45) is 3.46. The smallest absolute Gasteiger partial charge is 0.310 e. The summed E-state index contributed by atoms with van der Waals surface area (Å²) >= 11 is 0. The molecular formula is C12H11FN2O3. The van der Waals surface area contributed by atoms with Crippen LogP contribution in [-0.4, -0.2) is 28.0 Å². The lowest BCUT2D eigenvalue weighted by atomic mass is 10.1. The van der Waals surface area contributed by atoms with Gasteiger partial charge < -0.3 is 10.4 Å². The largest absolute Gasteiger partial charge is 0.481 e. The molecule has 0 saturated heterocycles. The maximum atomic E-state index is 12.8. The number of carboxylic acids is 1. The van der Waals surface area contributed by atoms with Crippen LogP contribution in [0.25, 0.3) is 0 Å². The van der Waals surface area contributed by atoms with Gasteiger partial charge in [0.1, 0.15) is 5.69 Å². The zero-order chi connectivity index (χ0) is 13.1. The van der Waals surface area contributed by atoms with E-state index >= 15 is 0 Å². The number of carbonyl (C=O) groups is 2. The number of aromatic nitrogens is 1. The SMILES string of the molecule is O=C(NC1C=CC(C(=O)O)C1)c1cccc(F)n1. The quantitative estimate of drug-likeness (QED) is 0.619. The lowest BCUT2D eigenvalue weighted by Gasteiger charge is -2.11. The van der Waals surface area contributed by atoms with Gasteiger partial charge in [-0.05, 0) is 18.6 Å². The van der Waals surface area contributed by atoms with E-state index in [0.717, 1.165) is 6.07 Å². The Balaban J connectivity index is 1.97. The van der Waals surface area contributed by atoms with Crippen LogP contribution < -0.4 is 5.32 Å². The van der Waals surface area contributed by atoms with Crippen LogP contribution in [0, 0.1) is 11.9 Å². The van der Waals surface area contributed by atoms with E-state index in [1.54, 1.807) is 6.08 Å². The van der Waals surface area contributed by atoms with Gasteiger partial charge >= 0.3 is 5.97 Å². The second kappa shape index (κ2) is 4.95. The molecule has 0 saturated carbocycles. The molecule has 2 unspecified atom stereocenters. The molecule has 1 amide bonds. The predicted molar refractivity (Wildman–Crippen MR) is 60.3 cm³/mol. The Labute approximate surface area is 102 Å². The van der Waals surface area contributed by atoms with Crippen molar-refractivity contribution >= 4 is 11.9 Å². The van der Waals surface area contributed by atoms with Crippen molar-refractivity contribution in [3.63, 3.8) is 0 Å². The highest BCUT2D eigenvalue weighted by atomic mass is 19.1. The Morgan fingerprint density at radius 1 is 1.39 bits per heavy atom. The van der Waals surface area contributed by atoms with Crippen LogP contribution in [0.2, 0.25) is 0 Å². The second-order valence-electron chi connectivity index (χ2n) is 3.99. The molecule has 2 atom stereocenters. The van der Waals surface area contributed by atoms with Gasteiger partial charge in [-0.15, -0.1) is 0 Å². The van der Waals surface area contributed by atoms with Crippen LogP contribution in [0.3, 0.4) is 0 Å². The van der Waals surface area contributed by atoms with Gasteiger partial charge in [-0.3, -0.25) is 9.59 Å². The molecule has 1 aromatic rings. The minimum atomic E-state index is -0.924. The first-order valence-electron chi connectivity index (χ1n) is 5.41. The maximum Gasteiger partial charge on any atom is 0.310 e. The fourth-order valence-corrected chi connectivity index (χ4v) is 1.77. The van der Waals surface area contributed by atoms with Gasteiger partial charge in [0, 0.05) is 6.04 Å². The number of rotatable bonds is 3. The number of pyridine rings is 1. The summed E-state index contributed by atoms with van der Waals surface area (Å²) < 4.78 is 12.8. The number of carboxylic acid groups (broad SMARTS) is 1. The number of aliphatic carboxylic acids is 1. The van der Waals surface area contributed by atoms with Gasteiger partial charge in [0.05, 0.1) is 5.92 Å². The summed E-state index contributed by atoms with van der Waals surface area (Å²) in [6.45, 7) is 0. The number of hydrogen-bond acceptors (Lipinski definition) is 3. The van der Waals surface area contributed by atoms with Crippen LogP contribution in [-0.2, 0) is 4.79 Å². The van der Waals surface area contributed by atoms with E-state index in [0.29, 0.717) is 6.42 Å². The Hall–Kier alpha value is -2.24. The van der Waals surface area contributed by atoms with E-state index in [9.17, 15) is 14.0 Å². The Kier molecular flexibility index (Phi) is 3.36. The number of hydrogen-bond donors (Lipinski definition) is 2. The molecule has 0 bridgehead atoms. The number of amides is 1. The molecule has 1 aromatic heterocycles. The van der Waals surface area contributed by atoms with Crippen molar-refractivity contribution in [3.8, 4) is 0 Å². The lowest BCUT2D eigenvalue weighted by Crippen LogP contribution is -2.33. The number of halogens is 1. The Morgan fingerprint density at radius 3 is 2.78 bits per heavy atom. The molecule has 1 heterocycles. The highest BCUT2D eigenvalue weighted by Gasteiger charge is 2.25. The third-order valence-corrected chi connectivity index (χ3v) is 2.67. The third kappa shape index (κ3) is 2.71. The highest BCUT2D eigenvalue weighted by molar-refractivity contribution is 5.92. The van der Waals surface area contributed by atoms with Gasteiger partial charge in [-0.1, -0.05) is 18.2 Å². The first-order valence-corrected chi connectivity index (χ1v) is 5.41. The summed E-state index contributed by atoms with van der Waals surface area (Å²) in [4.78, 5) is 25.9. The topological polar surface area (TPSA) is 79.3 Å². The van der Waals surface area contributed by atoms with Crippen molar-refractivity contribution < 1.29 is 19.1 Å². The third-order valence-electron chi connectivity index (χ3n) is 2.67. The number of carbonyl (C=O) groups excluding carboxylic acids is 1. The molecule has 0 aromatic carbocycles. The minimum Gasteiger partial charge on any atom is -0.481 e. The van der Waals surface area contributed by atoms with E-state index in [1.807, 2.05) is 0 Å². The first-order chi connectivity index (χ1) is 8.56. The summed E-state index contributed by atoms with van der Waals surface area (Å²) in [5.74, 6) is -2.76. The van der Waals surface area contributed by atoms with E-state index in [2.05, 4.69) is 10.3 Å². The van der Waals surface area contributed by atoms with Gasteiger partial charge in [0.15, 0.2) is 0 Å². The van der Waals surface area contributed by atoms with Crippen LogP contribution in [0.15, 0.2) is 30.4 Å². The molecule has 0 aliphatic heterocycles. The molecule has 2 N–H and O–H groups in total. The molecular weight excluding hydrogens is 239 g/mol. The molecule has 6 heteroatoms. The fourth-order valence-electron chi connectivity index (χ4n) is 1.77. The molecule has 1 aliphatic carbocycles. The molecule has 1 aliphatic rings. The zero-order valence-electron chi connectivity index (χ0n) is 9.34. The molecule has 5 nitrogen and oxygen atoms in total. The van der Waals surface area contributed by atoms with Gasteiger partial charge in [0.2, 0.25) is 5.95 Å². The van der Waals surface area contributed by atoms with Gasteiger partial charge in [0.25, 0.3) is 5.91 Å². The molecule has 18 heavy (non-hydrogen) atoms. The van der Waals surface area contributed by atoms with E-state index in [4.69, 9.17) is 5.11 Å². The normalized spacial score (nSPS) is 21.8. The van der Waals surface area contributed by atoms with Crippen molar-refractivity contribution in [2.24, 2.45) is 5.92 Å². The average Bonchev–Trinajstić information content (AvgIpc) is 2.77. The maximum absolute atomic E-state index is 12.8.